The van der Waals surface area contributed by atoms with Gasteiger partial charge in [0.2, 0.25) is 0 Å². The SMILES string of the molecule is Cc1n[nH]c(=O)c(C(=O)NC(CCO)C(C)(C)C)c1C. The maximum Gasteiger partial charge on any atom is 0.277 e. The molecule has 112 valence electrons. The van der Waals surface area contributed by atoms with E-state index in [0.29, 0.717) is 17.7 Å². The molecular weight excluding hydrogens is 258 g/mol. The van der Waals surface area contributed by atoms with Crippen molar-refractivity contribution in [3.63, 3.8) is 0 Å². The number of aryl methyl sites for hydroxylation is 1. The molecule has 0 saturated heterocycles. The summed E-state index contributed by atoms with van der Waals surface area (Å²) in [7, 11) is 0. The van der Waals surface area contributed by atoms with Crippen molar-refractivity contribution in [2.75, 3.05) is 6.61 Å². The molecule has 0 radical (unpaired) electrons. The zero-order valence-electron chi connectivity index (χ0n) is 12.7. The predicted octanol–water partition coefficient (Wildman–Crippen LogP) is 0.914. The third-order valence-corrected chi connectivity index (χ3v) is 3.47. The number of hydrogen-bond acceptors (Lipinski definition) is 4. The lowest BCUT2D eigenvalue weighted by atomic mass is 9.84. The average molecular weight is 281 g/mol. The van der Waals surface area contributed by atoms with Crippen LogP contribution in [0.5, 0.6) is 0 Å². The summed E-state index contributed by atoms with van der Waals surface area (Å²) in [5.41, 5.74) is 0.570. The smallest absolute Gasteiger partial charge is 0.277 e. The number of rotatable bonds is 4. The predicted molar refractivity (Wildman–Crippen MR) is 76.7 cm³/mol. The number of nitrogens with one attached hydrogen (secondary N) is 2. The number of nitrogens with zero attached hydrogens (tertiary/aromatic N) is 1. The average Bonchev–Trinajstić information content (AvgIpc) is 2.33. The molecule has 0 saturated carbocycles. The molecule has 0 bridgehead atoms. The van der Waals surface area contributed by atoms with Gasteiger partial charge in [0.05, 0.1) is 5.69 Å². The van der Waals surface area contributed by atoms with Crippen molar-refractivity contribution in [1.82, 2.24) is 15.5 Å². The largest absolute Gasteiger partial charge is 0.396 e. The quantitative estimate of drug-likeness (QED) is 0.764. The molecule has 1 unspecified atom stereocenters. The second-order valence-electron chi connectivity index (χ2n) is 6.04. The van der Waals surface area contributed by atoms with Gasteiger partial charge < -0.3 is 10.4 Å². The van der Waals surface area contributed by atoms with E-state index in [1.165, 1.54) is 0 Å². The van der Waals surface area contributed by atoms with Crippen LogP contribution in [-0.2, 0) is 0 Å². The second-order valence-corrected chi connectivity index (χ2v) is 6.04. The fourth-order valence-electron chi connectivity index (χ4n) is 1.98. The van der Waals surface area contributed by atoms with Crippen LogP contribution in [0.3, 0.4) is 0 Å². The lowest BCUT2D eigenvalue weighted by Gasteiger charge is -2.31. The summed E-state index contributed by atoms with van der Waals surface area (Å²) in [6.07, 6.45) is 0.441. The highest BCUT2D eigenvalue weighted by Crippen LogP contribution is 2.22. The van der Waals surface area contributed by atoms with Gasteiger partial charge in [0.25, 0.3) is 11.5 Å². The summed E-state index contributed by atoms with van der Waals surface area (Å²) in [4.78, 5) is 24.1. The van der Waals surface area contributed by atoms with Gasteiger partial charge in [-0.2, -0.15) is 5.10 Å². The zero-order valence-corrected chi connectivity index (χ0v) is 12.7. The number of hydrogen-bond donors (Lipinski definition) is 3. The number of carbonyl (C=O) groups is 1. The van der Waals surface area contributed by atoms with Gasteiger partial charge in [0, 0.05) is 12.6 Å². The molecule has 1 aromatic rings. The van der Waals surface area contributed by atoms with Gasteiger partial charge in [-0.15, -0.1) is 0 Å². The molecule has 1 amide bonds. The third kappa shape index (κ3) is 3.66. The van der Waals surface area contributed by atoms with E-state index in [1.54, 1.807) is 13.8 Å². The van der Waals surface area contributed by atoms with Gasteiger partial charge in [0.1, 0.15) is 5.56 Å². The van der Waals surface area contributed by atoms with Gasteiger partial charge in [0.15, 0.2) is 0 Å². The minimum atomic E-state index is -0.498. The van der Waals surface area contributed by atoms with Gasteiger partial charge in [-0.05, 0) is 31.2 Å². The van der Waals surface area contributed by atoms with E-state index in [0.717, 1.165) is 0 Å². The van der Waals surface area contributed by atoms with Crippen LogP contribution in [-0.4, -0.2) is 33.9 Å². The Hall–Kier alpha value is -1.69. The van der Waals surface area contributed by atoms with Crippen LogP contribution >= 0.6 is 0 Å². The van der Waals surface area contributed by atoms with Crippen molar-refractivity contribution in [3.8, 4) is 0 Å². The van der Waals surface area contributed by atoms with Crippen LogP contribution in [0.15, 0.2) is 4.79 Å². The number of aromatic amines is 1. The van der Waals surface area contributed by atoms with Crippen molar-refractivity contribution in [1.29, 1.82) is 0 Å². The maximum atomic E-state index is 12.3. The van der Waals surface area contributed by atoms with Crippen molar-refractivity contribution in [2.45, 2.75) is 47.1 Å². The number of amides is 1. The maximum absolute atomic E-state index is 12.3. The Morgan fingerprint density at radius 1 is 1.40 bits per heavy atom. The highest BCUT2D eigenvalue weighted by atomic mass is 16.3. The van der Waals surface area contributed by atoms with Crippen molar-refractivity contribution < 1.29 is 9.90 Å². The molecule has 0 aliphatic carbocycles. The molecule has 0 aliphatic heterocycles. The van der Waals surface area contributed by atoms with Gasteiger partial charge >= 0.3 is 0 Å². The first kappa shape index (κ1) is 16.4. The van der Waals surface area contributed by atoms with Crippen LogP contribution < -0.4 is 10.9 Å². The third-order valence-electron chi connectivity index (χ3n) is 3.47. The Labute approximate surface area is 118 Å². The first-order valence-corrected chi connectivity index (χ1v) is 6.66. The van der Waals surface area contributed by atoms with Crippen molar-refractivity contribution >= 4 is 5.91 Å². The monoisotopic (exact) mass is 281 g/mol. The summed E-state index contributed by atoms with van der Waals surface area (Å²) in [6, 6.07) is -0.215. The summed E-state index contributed by atoms with van der Waals surface area (Å²) in [6.45, 7) is 9.34. The first-order valence-electron chi connectivity index (χ1n) is 6.66. The Bertz CT molecular complexity index is 544. The molecule has 1 rings (SSSR count). The zero-order chi connectivity index (χ0) is 15.5. The van der Waals surface area contributed by atoms with E-state index in [-0.39, 0.29) is 23.6 Å². The second kappa shape index (κ2) is 6.17. The lowest BCUT2D eigenvalue weighted by Crippen LogP contribution is -2.46. The van der Waals surface area contributed by atoms with E-state index < -0.39 is 11.5 Å². The minimum Gasteiger partial charge on any atom is -0.396 e. The Morgan fingerprint density at radius 3 is 2.50 bits per heavy atom. The molecule has 6 nitrogen and oxygen atoms in total. The van der Waals surface area contributed by atoms with Crippen LogP contribution in [0.1, 0.15) is 48.8 Å². The highest BCUT2D eigenvalue weighted by Gasteiger charge is 2.27. The summed E-state index contributed by atoms with van der Waals surface area (Å²) in [5.74, 6) is -0.428. The number of carbonyl (C=O) groups excluding carboxylic acids is 1. The molecule has 6 heteroatoms. The fourth-order valence-corrected chi connectivity index (χ4v) is 1.98. The van der Waals surface area contributed by atoms with Crippen molar-refractivity contribution in [2.24, 2.45) is 5.41 Å². The summed E-state index contributed by atoms with van der Waals surface area (Å²) >= 11 is 0. The van der Waals surface area contributed by atoms with Crippen LogP contribution in [0.4, 0.5) is 0 Å². The van der Waals surface area contributed by atoms with E-state index in [4.69, 9.17) is 5.11 Å². The summed E-state index contributed by atoms with van der Waals surface area (Å²) in [5, 5.41) is 18.1. The molecule has 3 N–H and O–H groups in total. The Kier molecular flexibility index (Phi) is 5.05. The first-order chi connectivity index (χ1) is 9.18. The molecule has 20 heavy (non-hydrogen) atoms. The molecule has 0 fully saturated rings. The number of aliphatic hydroxyl groups excluding tert-OH is 1. The minimum absolute atomic E-state index is 0.0209. The van der Waals surface area contributed by atoms with Gasteiger partial charge in [-0.25, -0.2) is 5.10 Å². The van der Waals surface area contributed by atoms with E-state index >= 15 is 0 Å². The van der Waals surface area contributed by atoms with E-state index in [1.807, 2.05) is 20.8 Å². The molecule has 1 heterocycles. The number of aromatic nitrogens is 2. The van der Waals surface area contributed by atoms with Crippen LogP contribution in [0, 0.1) is 19.3 Å². The molecule has 1 aromatic heterocycles. The molecular formula is C14H23N3O3. The molecule has 0 aliphatic rings. The Morgan fingerprint density at radius 2 is 2.00 bits per heavy atom. The van der Waals surface area contributed by atoms with E-state index in [2.05, 4.69) is 15.5 Å². The summed E-state index contributed by atoms with van der Waals surface area (Å²) < 4.78 is 0. The topological polar surface area (TPSA) is 95.1 Å². The Balaban J connectivity index is 3.07. The van der Waals surface area contributed by atoms with Gasteiger partial charge in [-0.1, -0.05) is 20.8 Å². The number of aliphatic hydroxyl groups is 1. The van der Waals surface area contributed by atoms with Crippen molar-refractivity contribution in [3.05, 3.63) is 27.2 Å². The lowest BCUT2D eigenvalue weighted by molar-refractivity contribution is 0.0882. The standard InChI is InChI=1S/C14H23N3O3/c1-8-9(2)16-17-13(20)11(8)12(19)15-10(6-7-18)14(3,4)5/h10,18H,6-7H2,1-5H3,(H,15,19)(H,17,20). The van der Waals surface area contributed by atoms with Gasteiger partial charge in [-0.3, -0.25) is 9.59 Å². The van der Waals surface area contributed by atoms with E-state index in [9.17, 15) is 9.59 Å². The van der Waals surface area contributed by atoms with Crippen LogP contribution in [0.2, 0.25) is 0 Å². The van der Waals surface area contributed by atoms with Crippen LogP contribution in [0.25, 0.3) is 0 Å². The number of H-pyrrole nitrogens is 1. The normalized spacial score (nSPS) is 13.1. The molecule has 0 aromatic carbocycles. The fraction of sp³-hybridized carbons (Fsp3) is 0.643. The highest BCUT2D eigenvalue weighted by molar-refractivity contribution is 5.95. The molecule has 1 atom stereocenters. The molecule has 0 spiro atoms.